The first kappa shape index (κ1) is 16.7. The molecular weight excluding hydrogens is 352 g/mol. The van der Waals surface area contributed by atoms with Crippen LogP contribution in [0.4, 0.5) is 0 Å². The number of rotatable bonds is 7. The third-order valence-electron chi connectivity index (χ3n) is 3.60. The van der Waals surface area contributed by atoms with Crippen molar-refractivity contribution in [3.05, 3.63) is 40.4 Å². The Bertz CT molecular complexity index is 639. The van der Waals surface area contributed by atoms with E-state index in [2.05, 4.69) is 27.8 Å². The van der Waals surface area contributed by atoms with E-state index in [4.69, 9.17) is 0 Å². The smallest absolute Gasteiger partial charge is 0.243 e. The minimum Gasteiger partial charge on any atom is -0.310 e. The Balaban J connectivity index is 2.34. The lowest BCUT2D eigenvalue weighted by atomic mass is 10.1. The van der Waals surface area contributed by atoms with E-state index in [9.17, 15) is 8.42 Å². The predicted molar refractivity (Wildman–Crippen MR) is 88.8 cm³/mol. The van der Waals surface area contributed by atoms with E-state index in [1.54, 1.807) is 19.2 Å². The second-order valence-electron chi connectivity index (χ2n) is 5.43. The van der Waals surface area contributed by atoms with Gasteiger partial charge in [0.1, 0.15) is 0 Å². The number of sulfonamides is 1. The van der Waals surface area contributed by atoms with Crippen LogP contribution in [-0.2, 0) is 16.6 Å². The molecule has 1 fully saturated rings. The molecule has 0 amide bonds. The van der Waals surface area contributed by atoms with Crippen LogP contribution in [0.3, 0.4) is 0 Å². The predicted octanol–water partition coefficient (Wildman–Crippen LogP) is 2.82. The lowest BCUT2D eigenvalue weighted by molar-refractivity contribution is 0.498. The Hall–Kier alpha value is -0.690. The molecule has 1 aromatic rings. The summed E-state index contributed by atoms with van der Waals surface area (Å²) in [5, 5.41) is 3.41. The van der Waals surface area contributed by atoms with E-state index < -0.39 is 10.0 Å². The quantitative estimate of drug-likeness (QED) is 0.748. The first-order valence-electron chi connectivity index (χ1n) is 6.96. The molecule has 0 heterocycles. The van der Waals surface area contributed by atoms with E-state index in [0.717, 1.165) is 15.6 Å². The van der Waals surface area contributed by atoms with Crippen LogP contribution in [-0.4, -0.2) is 32.4 Å². The summed E-state index contributed by atoms with van der Waals surface area (Å²) in [6.45, 7) is 6.40. The van der Waals surface area contributed by atoms with Crippen LogP contribution >= 0.6 is 15.9 Å². The molecule has 0 atom stereocenters. The van der Waals surface area contributed by atoms with Crippen molar-refractivity contribution < 1.29 is 8.42 Å². The average molecular weight is 373 g/mol. The average Bonchev–Trinajstić information content (AvgIpc) is 3.24. The van der Waals surface area contributed by atoms with Gasteiger partial charge in [0, 0.05) is 30.7 Å². The largest absolute Gasteiger partial charge is 0.310 e. The Morgan fingerprint density at radius 1 is 1.48 bits per heavy atom. The van der Waals surface area contributed by atoms with Crippen LogP contribution < -0.4 is 5.32 Å². The van der Waals surface area contributed by atoms with Gasteiger partial charge in [-0.2, -0.15) is 4.31 Å². The van der Waals surface area contributed by atoms with Gasteiger partial charge in [0.15, 0.2) is 0 Å². The molecule has 6 heteroatoms. The monoisotopic (exact) mass is 372 g/mol. The summed E-state index contributed by atoms with van der Waals surface area (Å²) in [5.74, 6) is 0. The van der Waals surface area contributed by atoms with E-state index in [1.807, 2.05) is 13.0 Å². The molecule has 1 saturated carbocycles. The lowest BCUT2D eigenvalue weighted by Crippen LogP contribution is -2.28. The van der Waals surface area contributed by atoms with Gasteiger partial charge in [-0.25, -0.2) is 8.42 Å². The fraction of sp³-hybridized carbons (Fsp3) is 0.467. The highest BCUT2D eigenvalue weighted by molar-refractivity contribution is 9.10. The van der Waals surface area contributed by atoms with Gasteiger partial charge in [-0.05, 0) is 43.0 Å². The molecular formula is C15H21BrN2O2S. The van der Waals surface area contributed by atoms with Crippen molar-refractivity contribution in [1.82, 2.24) is 9.62 Å². The van der Waals surface area contributed by atoms with Gasteiger partial charge < -0.3 is 5.32 Å². The number of halogens is 1. The third-order valence-corrected chi connectivity index (χ3v) is 6.38. The van der Waals surface area contributed by atoms with Gasteiger partial charge >= 0.3 is 0 Å². The fourth-order valence-electron chi connectivity index (χ4n) is 2.07. The molecule has 0 saturated heterocycles. The topological polar surface area (TPSA) is 49.4 Å². The number of hydrogen-bond donors (Lipinski definition) is 1. The highest BCUT2D eigenvalue weighted by Gasteiger charge is 2.24. The Labute approximate surface area is 135 Å². The molecule has 0 radical (unpaired) electrons. The number of likely N-dealkylation sites (N-methyl/N-ethyl adjacent to an activating group) is 1. The summed E-state index contributed by atoms with van der Waals surface area (Å²) in [6, 6.07) is 4.34. The molecule has 1 N–H and O–H groups in total. The molecule has 1 aliphatic rings. The highest BCUT2D eigenvalue weighted by atomic mass is 79.9. The second-order valence-corrected chi connectivity index (χ2v) is 8.30. The zero-order valence-electron chi connectivity index (χ0n) is 12.4. The van der Waals surface area contributed by atoms with Gasteiger partial charge in [-0.3, -0.25) is 0 Å². The molecule has 116 valence electrons. The molecule has 21 heavy (non-hydrogen) atoms. The van der Waals surface area contributed by atoms with Crippen molar-refractivity contribution in [2.45, 2.75) is 37.2 Å². The van der Waals surface area contributed by atoms with Gasteiger partial charge in [-0.15, -0.1) is 6.58 Å². The van der Waals surface area contributed by atoms with Crippen molar-refractivity contribution in [3.63, 3.8) is 0 Å². The fourth-order valence-corrected chi connectivity index (χ4v) is 4.15. The van der Waals surface area contributed by atoms with Gasteiger partial charge in [0.05, 0.1) is 4.90 Å². The summed E-state index contributed by atoms with van der Waals surface area (Å²) in [4.78, 5) is 0.355. The first-order valence-corrected chi connectivity index (χ1v) is 9.19. The first-order chi connectivity index (χ1) is 9.86. The van der Waals surface area contributed by atoms with E-state index in [-0.39, 0.29) is 0 Å². The molecule has 4 nitrogen and oxygen atoms in total. The molecule has 0 aromatic heterocycles. The molecule has 1 aliphatic carbocycles. The van der Waals surface area contributed by atoms with Crippen molar-refractivity contribution in [1.29, 1.82) is 0 Å². The van der Waals surface area contributed by atoms with Crippen molar-refractivity contribution >= 4 is 26.0 Å². The van der Waals surface area contributed by atoms with Crippen LogP contribution in [0, 0.1) is 6.92 Å². The molecule has 0 unspecified atom stereocenters. The maximum atomic E-state index is 12.6. The molecule has 0 aliphatic heterocycles. The van der Waals surface area contributed by atoms with Gasteiger partial charge in [0.2, 0.25) is 10.0 Å². The van der Waals surface area contributed by atoms with E-state index >= 15 is 0 Å². The molecule has 0 spiro atoms. The summed E-state index contributed by atoms with van der Waals surface area (Å²) in [7, 11) is -1.93. The van der Waals surface area contributed by atoms with Gasteiger partial charge in [0.25, 0.3) is 0 Å². The zero-order valence-corrected chi connectivity index (χ0v) is 14.8. The standard InChI is InChI=1S/C15H21BrN2O2S/c1-4-7-18(3)21(19,20)15-9-12(8-14(16)11(15)2)10-17-13-5-6-13/h4,8-9,13,17H,1,5-7,10H2,2-3H3. The zero-order chi connectivity index (χ0) is 15.6. The van der Waals surface area contributed by atoms with Gasteiger partial charge in [-0.1, -0.05) is 22.0 Å². The Morgan fingerprint density at radius 3 is 2.71 bits per heavy atom. The molecule has 0 bridgehead atoms. The van der Waals surface area contributed by atoms with E-state index in [0.29, 0.717) is 24.0 Å². The number of nitrogens with one attached hydrogen (secondary N) is 1. The summed E-state index contributed by atoms with van der Waals surface area (Å²) in [5.41, 5.74) is 1.71. The third kappa shape index (κ3) is 3.94. The maximum absolute atomic E-state index is 12.6. The van der Waals surface area contributed by atoms with Crippen LogP contribution in [0.5, 0.6) is 0 Å². The van der Waals surface area contributed by atoms with Crippen LogP contribution in [0.25, 0.3) is 0 Å². The summed E-state index contributed by atoms with van der Waals surface area (Å²) < 4.78 is 27.4. The van der Waals surface area contributed by atoms with Crippen molar-refractivity contribution in [3.8, 4) is 0 Å². The van der Waals surface area contributed by atoms with Crippen LogP contribution in [0.15, 0.2) is 34.2 Å². The highest BCUT2D eigenvalue weighted by Crippen LogP contribution is 2.28. The lowest BCUT2D eigenvalue weighted by Gasteiger charge is -2.18. The minimum absolute atomic E-state index is 0.296. The minimum atomic E-state index is -3.50. The number of benzene rings is 1. The second kappa shape index (κ2) is 6.60. The molecule has 1 aromatic carbocycles. The Morgan fingerprint density at radius 2 is 2.14 bits per heavy atom. The molecule has 2 rings (SSSR count). The maximum Gasteiger partial charge on any atom is 0.243 e. The van der Waals surface area contributed by atoms with E-state index in [1.165, 1.54) is 17.1 Å². The van der Waals surface area contributed by atoms with Crippen molar-refractivity contribution in [2.75, 3.05) is 13.6 Å². The normalized spacial score (nSPS) is 15.4. The SMILES string of the molecule is C=CCN(C)S(=O)(=O)c1cc(CNC2CC2)cc(Br)c1C. The van der Waals surface area contributed by atoms with Crippen LogP contribution in [0.1, 0.15) is 24.0 Å². The number of nitrogens with zero attached hydrogens (tertiary/aromatic N) is 1. The summed E-state index contributed by atoms with van der Waals surface area (Å²) in [6.07, 6.45) is 4.00. The Kier molecular flexibility index (Phi) is 5.24. The van der Waals surface area contributed by atoms with Crippen LogP contribution in [0.2, 0.25) is 0 Å². The number of hydrogen-bond acceptors (Lipinski definition) is 3. The summed E-state index contributed by atoms with van der Waals surface area (Å²) >= 11 is 3.47. The van der Waals surface area contributed by atoms with Crippen molar-refractivity contribution in [2.24, 2.45) is 0 Å².